The summed E-state index contributed by atoms with van der Waals surface area (Å²) in [6.45, 7) is 8.77. The quantitative estimate of drug-likeness (QED) is 0.319. The number of para-hydroxylation sites is 1. The van der Waals surface area contributed by atoms with E-state index in [1.807, 2.05) is 13.0 Å². The van der Waals surface area contributed by atoms with Crippen molar-refractivity contribution in [3.8, 4) is 5.75 Å². The molecule has 7 nitrogen and oxygen atoms in total. The van der Waals surface area contributed by atoms with Gasteiger partial charge in [-0.05, 0) is 24.6 Å². The molecule has 2 N–H and O–H groups in total. The molecular weight excluding hydrogens is 372 g/mol. The molecule has 0 bridgehead atoms. The number of rotatable bonds is 12. The monoisotopic (exact) mass is 398 g/mol. The van der Waals surface area contributed by atoms with Crippen LogP contribution in [-0.2, 0) is 9.53 Å². The number of nitrogens with zero attached hydrogens (tertiary/aromatic N) is 1. The van der Waals surface area contributed by atoms with Crippen molar-refractivity contribution in [1.82, 2.24) is 5.32 Å². The third kappa shape index (κ3) is 7.88. The summed E-state index contributed by atoms with van der Waals surface area (Å²) in [6, 6.07) is 6.78. The second-order valence-electron chi connectivity index (χ2n) is 5.67. The molecule has 0 aromatic heterocycles. The predicted octanol–water partition coefficient (Wildman–Crippen LogP) is 3.52. The highest BCUT2D eigenvalue weighted by molar-refractivity contribution is 6.00. The minimum absolute atomic E-state index is 0.0167. The maximum absolute atomic E-state index is 12.7. The molecule has 0 saturated heterocycles. The van der Waals surface area contributed by atoms with Gasteiger partial charge in [0.15, 0.2) is 6.61 Å². The molecule has 0 atom stereocenters. The van der Waals surface area contributed by atoms with E-state index in [2.05, 4.69) is 23.5 Å². The van der Waals surface area contributed by atoms with E-state index in [4.69, 9.17) is 14.6 Å². The number of nitrogens with one attached hydrogen (secondary N) is 1. The van der Waals surface area contributed by atoms with E-state index in [9.17, 15) is 9.59 Å². The number of benzene rings is 1. The van der Waals surface area contributed by atoms with Crippen LogP contribution in [0.15, 0.2) is 77.7 Å². The van der Waals surface area contributed by atoms with Gasteiger partial charge in [-0.15, -0.1) is 0 Å². The van der Waals surface area contributed by atoms with Gasteiger partial charge in [-0.3, -0.25) is 9.79 Å². The number of carboxylic acid groups (broad SMARTS) is 1. The van der Waals surface area contributed by atoms with Gasteiger partial charge in [-0.25, -0.2) is 4.79 Å². The standard InChI is InChI=1S/C22H26N2O5/c1-5-10-17(13-23-4)24-22(27)18-11-8-9-12-20(18)28-14-16(6-2)19(7-3)29-15-21(25)26/h6-13H,2-3,5,14-15H2,1,4H3,(H,24,27)(H,25,26)/b17-10+,19-16-,23-13?. The van der Waals surface area contributed by atoms with Gasteiger partial charge >= 0.3 is 5.97 Å². The van der Waals surface area contributed by atoms with Crippen molar-refractivity contribution in [3.63, 3.8) is 0 Å². The largest absolute Gasteiger partial charge is 0.488 e. The zero-order valence-electron chi connectivity index (χ0n) is 16.7. The Morgan fingerprint density at radius 3 is 2.52 bits per heavy atom. The van der Waals surface area contributed by atoms with Gasteiger partial charge in [0, 0.05) is 18.8 Å². The predicted molar refractivity (Wildman–Crippen MR) is 113 cm³/mol. The third-order valence-corrected chi connectivity index (χ3v) is 3.56. The molecule has 0 aliphatic rings. The number of carbonyl (C=O) groups excluding carboxylic acids is 1. The Hall–Kier alpha value is -3.61. The summed E-state index contributed by atoms with van der Waals surface area (Å²) in [7, 11) is 1.62. The summed E-state index contributed by atoms with van der Waals surface area (Å²) in [5.74, 6) is -0.843. The van der Waals surface area contributed by atoms with Crippen LogP contribution in [0.3, 0.4) is 0 Å². The molecule has 0 aliphatic carbocycles. The fourth-order valence-electron chi connectivity index (χ4n) is 2.28. The van der Waals surface area contributed by atoms with Crippen LogP contribution in [0, 0.1) is 0 Å². The molecule has 1 aromatic rings. The van der Waals surface area contributed by atoms with Crippen molar-refractivity contribution >= 4 is 18.1 Å². The van der Waals surface area contributed by atoms with Crippen molar-refractivity contribution in [2.45, 2.75) is 13.3 Å². The number of amides is 1. The van der Waals surface area contributed by atoms with Crippen LogP contribution in [0.2, 0.25) is 0 Å². The molecule has 29 heavy (non-hydrogen) atoms. The average Bonchev–Trinajstić information content (AvgIpc) is 2.70. The SMILES string of the molecule is C=C/C(COc1ccccc1C(=O)N/C(C=NC)=C/CC)=C(\C=C)OCC(=O)O. The van der Waals surface area contributed by atoms with E-state index in [0.717, 1.165) is 6.42 Å². The zero-order chi connectivity index (χ0) is 21.6. The van der Waals surface area contributed by atoms with Crippen molar-refractivity contribution in [1.29, 1.82) is 0 Å². The summed E-state index contributed by atoms with van der Waals surface area (Å²) in [6.07, 6.45) is 7.03. The van der Waals surface area contributed by atoms with Gasteiger partial charge in [0.05, 0.1) is 11.3 Å². The summed E-state index contributed by atoms with van der Waals surface area (Å²) in [4.78, 5) is 27.3. The van der Waals surface area contributed by atoms with Gasteiger partial charge in [-0.1, -0.05) is 44.4 Å². The number of hydrogen-bond acceptors (Lipinski definition) is 5. The normalized spacial score (nSPS) is 12.1. The fraction of sp³-hybridized carbons (Fsp3) is 0.227. The second kappa shape index (κ2) is 12.7. The molecule has 7 heteroatoms. The minimum atomic E-state index is -1.11. The van der Waals surface area contributed by atoms with Crippen molar-refractivity contribution in [2.75, 3.05) is 20.3 Å². The first-order chi connectivity index (χ1) is 14.0. The Morgan fingerprint density at radius 2 is 1.93 bits per heavy atom. The molecule has 1 aromatic carbocycles. The fourth-order valence-corrected chi connectivity index (χ4v) is 2.28. The Kier molecular flexibility index (Phi) is 10.3. The van der Waals surface area contributed by atoms with Crippen LogP contribution in [0.5, 0.6) is 5.75 Å². The number of carbonyl (C=O) groups is 2. The number of allylic oxidation sites excluding steroid dienone is 3. The molecule has 1 amide bonds. The number of hydrogen-bond donors (Lipinski definition) is 2. The van der Waals surface area contributed by atoms with E-state index < -0.39 is 12.6 Å². The summed E-state index contributed by atoms with van der Waals surface area (Å²) < 4.78 is 11.0. The van der Waals surface area contributed by atoms with E-state index in [1.165, 1.54) is 12.2 Å². The molecule has 0 heterocycles. The van der Waals surface area contributed by atoms with Crippen LogP contribution in [-0.4, -0.2) is 43.5 Å². The van der Waals surface area contributed by atoms with Gasteiger partial charge in [0.25, 0.3) is 5.91 Å². The molecule has 0 radical (unpaired) electrons. The van der Waals surface area contributed by atoms with E-state index in [-0.39, 0.29) is 18.3 Å². The summed E-state index contributed by atoms with van der Waals surface area (Å²) in [5.41, 5.74) is 1.44. The lowest BCUT2D eigenvalue weighted by molar-refractivity contribution is -0.140. The highest BCUT2D eigenvalue weighted by Gasteiger charge is 2.14. The molecule has 0 spiro atoms. The lowest BCUT2D eigenvalue weighted by atomic mass is 10.1. The second-order valence-corrected chi connectivity index (χ2v) is 5.67. The van der Waals surface area contributed by atoms with Gasteiger partial charge in [0.1, 0.15) is 18.1 Å². The Bertz CT molecular complexity index is 837. The lowest BCUT2D eigenvalue weighted by Crippen LogP contribution is -2.24. The molecule has 0 saturated carbocycles. The topological polar surface area (TPSA) is 97.2 Å². The average molecular weight is 398 g/mol. The summed E-state index contributed by atoms with van der Waals surface area (Å²) >= 11 is 0. The van der Waals surface area contributed by atoms with Gasteiger partial charge in [-0.2, -0.15) is 0 Å². The Labute approximate surface area is 170 Å². The van der Waals surface area contributed by atoms with E-state index >= 15 is 0 Å². The maximum atomic E-state index is 12.7. The van der Waals surface area contributed by atoms with Crippen molar-refractivity contribution in [3.05, 3.63) is 78.2 Å². The van der Waals surface area contributed by atoms with Gasteiger partial charge in [0.2, 0.25) is 0 Å². The Morgan fingerprint density at radius 1 is 1.21 bits per heavy atom. The smallest absolute Gasteiger partial charge is 0.341 e. The van der Waals surface area contributed by atoms with Crippen LogP contribution < -0.4 is 10.1 Å². The van der Waals surface area contributed by atoms with Gasteiger partial charge < -0.3 is 19.9 Å². The molecule has 1 rings (SSSR count). The summed E-state index contributed by atoms with van der Waals surface area (Å²) in [5, 5.41) is 11.6. The number of aliphatic imine (C=N–C) groups is 1. The lowest BCUT2D eigenvalue weighted by Gasteiger charge is -2.14. The van der Waals surface area contributed by atoms with Crippen molar-refractivity contribution < 1.29 is 24.2 Å². The molecule has 154 valence electrons. The van der Waals surface area contributed by atoms with Crippen molar-refractivity contribution in [2.24, 2.45) is 4.99 Å². The van der Waals surface area contributed by atoms with E-state index in [0.29, 0.717) is 22.6 Å². The first kappa shape index (κ1) is 23.4. The van der Waals surface area contributed by atoms with Crippen LogP contribution in [0.1, 0.15) is 23.7 Å². The van der Waals surface area contributed by atoms with Crippen LogP contribution in [0.4, 0.5) is 0 Å². The zero-order valence-corrected chi connectivity index (χ0v) is 16.7. The Balaban J connectivity index is 3.02. The first-order valence-corrected chi connectivity index (χ1v) is 8.94. The molecule has 0 fully saturated rings. The number of aliphatic carboxylic acids is 1. The highest BCUT2D eigenvalue weighted by atomic mass is 16.5. The molecule has 0 aliphatic heterocycles. The first-order valence-electron chi connectivity index (χ1n) is 8.94. The minimum Gasteiger partial charge on any atom is -0.488 e. The third-order valence-electron chi connectivity index (χ3n) is 3.56. The number of ether oxygens (including phenoxy) is 2. The van der Waals surface area contributed by atoms with Crippen LogP contribution in [0.25, 0.3) is 0 Å². The molecule has 0 unspecified atom stereocenters. The number of carboxylic acids is 1. The molecular formula is C22H26N2O5. The maximum Gasteiger partial charge on any atom is 0.341 e. The highest BCUT2D eigenvalue weighted by Crippen LogP contribution is 2.20. The van der Waals surface area contributed by atoms with Crippen LogP contribution >= 0.6 is 0 Å². The van der Waals surface area contributed by atoms with E-state index in [1.54, 1.807) is 37.5 Å².